The molecule has 0 spiro atoms. The third kappa shape index (κ3) is 4.91. The van der Waals surface area contributed by atoms with E-state index < -0.39 is 0 Å². The highest BCUT2D eigenvalue weighted by Crippen LogP contribution is 2.27. The van der Waals surface area contributed by atoms with E-state index in [-0.39, 0.29) is 0 Å². The maximum absolute atomic E-state index is 6.18. The summed E-state index contributed by atoms with van der Waals surface area (Å²) in [7, 11) is 0. The van der Waals surface area contributed by atoms with E-state index in [2.05, 4.69) is 18.3 Å². The molecule has 0 unspecified atom stereocenters. The third-order valence-electron chi connectivity index (χ3n) is 3.43. The molecule has 0 aliphatic carbocycles. The lowest BCUT2D eigenvalue weighted by Gasteiger charge is -2.13. The van der Waals surface area contributed by atoms with Gasteiger partial charge in [-0.2, -0.15) is 0 Å². The van der Waals surface area contributed by atoms with Crippen molar-refractivity contribution < 1.29 is 4.74 Å². The molecule has 118 valence electrons. The van der Waals surface area contributed by atoms with E-state index in [0.29, 0.717) is 16.7 Å². The van der Waals surface area contributed by atoms with E-state index in [1.165, 1.54) is 12.8 Å². The van der Waals surface area contributed by atoms with Gasteiger partial charge in [0.15, 0.2) is 0 Å². The van der Waals surface area contributed by atoms with Crippen LogP contribution in [0.25, 0.3) is 0 Å². The van der Waals surface area contributed by atoms with Crippen LogP contribution in [0.5, 0.6) is 5.75 Å². The number of halogens is 2. The molecule has 0 aromatic heterocycles. The molecule has 2 aromatic carbocycles. The zero-order valence-electron chi connectivity index (χ0n) is 12.7. The molecule has 0 heterocycles. The molecule has 2 rings (SSSR count). The molecule has 0 amide bonds. The predicted molar refractivity (Wildman–Crippen MR) is 93.9 cm³/mol. The van der Waals surface area contributed by atoms with Crippen molar-refractivity contribution in [3.8, 4) is 5.75 Å². The molecule has 22 heavy (non-hydrogen) atoms. The second-order valence-corrected chi connectivity index (χ2v) is 5.94. The van der Waals surface area contributed by atoms with Crippen molar-refractivity contribution >= 4 is 23.2 Å². The molecule has 2 nitrogen and oxygen atoms in total. The second kappa shape index (κ2) is 9.04. The van der Waals surface area contributed by atoms with Crippen LogP contribution in [0, 0.1) is 0 Å². The van der Waals surface area contributed by atoms with Gasteiger partial charge in [-0.15, -0.1) is 0 Å². The van der Waals surface area contributed by atoms with Crippen molar-refractivity contribution in [3.05, 3.63) is 63.6 Å². The Morgan fingerprint density at radius 1 is 1.00 bits per heavy atom. The normalized spacial score (nSPS) is 10.7. The Morgan fingerprint density at radius 3 is 2.45 bits per heavy atom. The summed E-state index contributed by atoms with van der Waals surface area (Å²) < 4.78 is 5.93. The van der Waals surface area contributed by atoms with Crippen molar-refractivity contribution in [3.63, 3.8) is 0 Å². The van der Waals surface area contributed by atoms with Crippen LogP contribution in [-0.2, 0) is 13.2 Å². The summed E-state index contributed by atoms with van der Waals surface area (Å²) in [5.41, 5.74) is 1.96. The number of ether oxygens (including phenoxy) is 1. The maximum Gasteiger partial charge on any atom is 0.124 e. The number of hydrogen-bond donors (Lipinski definition) is 1. The summed E-state index contributed by atoms with van der Waals surface area (Å²) in [6.45, 7) is 4.37. The van der Waals surface area contributed by atoms with Crippen molar-refractivity contribution in [2.45, 2.75) is 32.9 Å². The van der Waals surface area contributed by atoms with Crippen LogP contribution < -0.4 is 10.1 Å². The SMILES string of the molecule is CCCCNCc1ccccc1OCc1c(Cl)cccc1Cl. The molecule has 0 aliphatic heterocycles. The Morgan fingerprint density at radius 2 is 1.73 bits per heavy atom. The van der Waals surface area contributed by atoms with Gasteiger partial charge in [0, 0.05) is 27.7 Å². The summed E-state index contributed by atoms with van der Waals surface area (Å²) in [5.74, 6) is 0.863. The zero-order chi connectivity index (χ0) is 15.8. The fourth-order valence-electron chi connectivity index (χ4n) is 2.14. The molecule has 0 bridgehead atoms. The summed E-state index contributed by atoms with van der Waals surface area (Å²) >= 11 is 12.4. The summed E-state index contributed by atoms with van der Waals surface area (Å²) in [6.07, 6.45) is 2.37. The Hall–Kier alpha value is -1.22. The first-order valence-electron chi connectivity index (χ1n) is 7.56. The van der Waals surface area contributed by atoms with Crippen LogP contribution >= 0.6 is 23.2 Å². The molecule has 0 atom stereocenters. The zero-order valence-corrected chi connectivity index (χ0v) is 14.3. The minimum Gasteiger partial charge on any atom is -0.488 e. The molecule has 4 heteroatoms. The lowest BCUT2D eigenvalue weighted by atomic mass is 10.2. The summed E-state index contributed by atoms with van der Waals surface area (Å²) in [5, 5.41) is 4.69. The molecule has 1 N–H and O–H groups in total. The molecule has 0 aliphatic rings. The monoisotopic (exact) mass is 337 g/mol. The number of benzene rings is 2. The molecule has 0 saturated heterocycles. The smallest absolute Gasteiger partial charge is 0.124 e. The lowest BCUT2D eigenvalue weighted by molar-refractivity contribution is 0.302. The molecule has 0 fully saturated rings. The van der Waals surface area contributed by atoms with Gasteiger partial charge in [-0.3, -0.25) is 0 Å². The lowest BCUT2D eigenvalue weighted by Crippen LogP contribution is -2.15. The number of nitrogens with one attached hydrogen (secondary N) is 1. The highest BCUT2D eigenvalue weighted by atomic mass is 35.5. The summed E-state index contributed by atoms with van der Waals surface area (Å²) in [4.78, 5) is 0. The minimum atomic E-state index is 0.366. The second-order valence-electron chi connectivity index (χ2n) is 5.13. The number of para-hydroxylation sites is 1. The van der Waals surface area contributed by atoms with Crippen molar-refractivity contribution in [2.75, 3.05) is 6.54 Å². The van der Waals surface area contributed by atoms with Gasteiger partial charge in [0.2, 0.25) is 0 Å². The van der Waals surface area contributed by atoms with Gasteiger partial charge >= 0.3 is 0 Å². The van der Waals surface area contributed by atoms with Crippen LogP contribution in [0.1, 0.15) is 30.9 Å². The van der Waals surface area contributed by atoms with Crippen LogP contribution in [0.4, 0.5) is 0 Å². The van der Waals surface area contributed by atoms with E-state index in [1.54, 1.807) is 0 Å². The average Bonchev–Trinajstić information content (AvgIpc) is 2.52. The van der Waals surface area contributed by atoms with Gasteiger partial charge in [-0.05, 0) is 31.2 Å². The standard InChI is InChI=1S/C18H21Cl2NO/c1-2-3-11-21-12-14-7-4-5-10-18(14)22-13-15-16(19)8-6-9-17(15)20/h4-10,21H,2-3,11-13H2,1H3. The van der Waals surface area contributed by atoms with Crippen LogP contribution in [0.3, 0.4) is 0 Å². The van der Waals surface area contributed by atoms with Crippen LogP contribution in [-0.4, -0.2) is 6.54 Å². The molecule has 0 radical (unpaired) electrons. The van der Waals surface area contributed by atoms with Crippen molar-refractivity contribution in [2.24, 2.45) is 0 Å². The van der Waals surface area contributed by atoms with Gasteiger partial charge < -0.3 is 10.1 Å². The van der Waals surface area contributed by atoms with E-state index in [9.17, 15) is 0 Å². The van der Waals surface area contributed by atoms with Gasteiger partial charge in [0.05, 0.1) is 0 Å². The summed E-state index contributed by atoms with van der Waals surface area (Å²) in [6, 6.07) is 13.5. The largest absolute Gasteiger partial charge is 0.488 e. The topological polar surface area (TPSA) is 21.3 Å². The number of hydrogen-bond acceptors (Lipinski definition) is 2. The number of unbranched alkanes of at least 4 members (excludes halogenated alkanes) is 1. The molecular formula is C18H21Cl2NO. The molecule has 2 aromatic rings. The fourth-order valence-corrected chi connectivity index (χ4v) is 2.64. The Labute approximate surface area is 142 Å². The fraction of sp³-hybridized carbons (Fsp3) is 0.333. The maximum atomic E-state index is 6.18. The van der Waals surface area contributed by atoms with Crippen molar-refractivity contribution in [1.29, 1.82) is 0 Å². The third-order valence-corrected chi connectivity index (χ3v) is 4.14. The van der Waals surface area contributed by atoms with E-state index >= 15 is 0 Å². The van der Waals surface area contributed by atoms with Gasteiger partial charge in [0.1, 0.15) is 12.4 Å². The molecule has 0 saturated carbocycles. The Kier molecular flexibility index (Phi) is 7.04. The van der Waals surface area contributed by atoms with Crippen molar-refractivity contribution in [1.82, 2.24) is 5.32 Å². The Bertz CT molecular complexity index is 581. The van der Waals surface area contributed by atoms with Crippen LogP contribution in [0.15, 0.2) is 42.5 Å². The highest BCUT2D eigenvalue weighted by Gasteiger charge is 2.08. The molecular weight excluding hydrogens is 317 g/mol. The average molecular weight is 338 g/mol. The Balaban J connectivity index is 2.00. The van der Waals surface area contributed by atoms with Gasteiger partial charge in [0.25, 0.3) is 0 Å². The highest BCUT2D eigenvalue weighted by molar-refractivity contribution is 6.35. The first-order chi connectivity index (χ1) is 10.7. The minimum absolute atomic E-state index is 0.366. The van der Waals surface area contributed by atoms with Gasteiger partial charge in [-0.1, -0.05) is 60.8 Å². The predicted octanol–water partition coefficient (Wildman–Crippen LogP) is 5.46. The van der Waals surface area contributed by atoms with Gasteiger partial charge in [-0.25, -0.2) is 0 Å². The quantitative estimate of drug-likeness (QED) is 0.645. The van der Waals surface area contributed by atoms with E-state index in [1.807, 2.05) is 36.4 Å². The first-order valence-corrected chi connectivity index (χ1v) is 8.32. The van der Waals surface area contributed by atoms with E-state index in [4.69, 9.17) is 27.9 Å². The number of rotatable bonds is 8. The van der Waals surface area contributed by atoms with Crippen LogP contribution in [0.2, 0.25) is 10.0 Å². The first kappa shape index (κ1) is 17.1. The van der Waals surface area contributed by atoms with E-state index in [0.717, 1.165) is 30.0 Å².